The van der Waals surface area contributed by atoms with E-state index in [2.05, 4.69) is 25.9 Å². The smallest absolute Gasteiger partial charge is 0.126 e. The van der Waals surface area contributed by atoms with Gasteiger partial charge in [-0.15, -0.1) is 0 Å². The third-order valence-corrected chi connectivity index (χ3v) is 4.57. The van der Waals surface area contributed by atoms with Crippen LogP contribution in [-0.4, -0.2) is 26.4 Å². The molecule has 0 amide bonds. The van der Waals surface area contributed by atoms with Crippen molar-refractivity contribution >= 4 is 27.7 Å². The highest BCUT2D eigenvalue weighted by molar-refractivity contribution is 9.10. The van der Waals surface area contributed by atoms with Crippen molar-refractivity contribution in [1.29, 1.82) is 0 Å². The number of rotatable bonds is 3. The topological polar surface area (TPSA) is 46.0 Å². The second-order valence-corrected chi connectivity index (χ2v) is 5.70. The standard InChI is InChI=1S/C10H15BrN2OS/c1-5-9(11)10(13-8(4)12-5)15-7(3)6(2)14/h6-7,14H,1-4H3. The van der Waals surface area contributed by atoms with Crippen LogP contribution in [0.25, 0.3) is 0 Å². The Bertz CT molecular complexity index is 358. The molecule has 1 rings (SSSR count). The largest absolute Gasteiger partial charge is 0.392 e. The predicted molar refractivity (Wildman–Crippen MR) is 66.2 cm³/mol. The minimum Gasteiger partial charge on any atom is -0.392 e. The second-order valence-electron chi connectivity index (χ2n) is 3.54. The molecule has 0 bridgehead atoms. The van der Waals surface area contributed by atoms with Crippen LogP contribution in [0.3, 0.4) is 0 Å². The number of aromatic nitrogens is 2. The molecule has 1 aromatic heterocycles. The molecule has 2 atom stereocenters. The molecular weight excluding hydrogens is 276 g/mol. The molecule has 0 spiro atoms. The summed E-state index contributed by atoms with van der Waals surface area (Å²) in [6, 6.07) is 0. The van der Waals surface area contributed by atoms with Crippen molar-refractivity contribution in [2.75, 3.05) is 0 Å². The van der Waals surface area contributed by atoms with Gasteiger partial charge in [0.15, 0.2) is 0 Å². The van der Waals surface area contributed by atoms with Crippen LogP contribution in [0.1, 0.15) is 25.4 Å². The molecule has 0 aliphatic carbocycles. The minimum absolute atomic E-state index is 0.120. The summed E-state index contributed by atoms with van der Waals surface area (Å²) in [5.41, 5.74) is 0.933. The zero-order chi connectivity index (χ0) is 11.6. The molecule has 1 aromatic rings. The van der Waals surface area contributed by atoms with Gasteiger partial charge < -0.3 is 5.11 Å². The lowest BCUT2D eigenvalue weighted by molar-refractivity contribution is 0.196. The van der Waals surface area contributed by atoms with Crippen molar-refractivity contribution in [2.45, 2.75) is 44.1 Å². The van der Waals surface area contributed by atoms with Crippen molar-refractivity contribution in [3.05, 3.63) is 16.0 Å². The van der Waals surface area contributed by atoms with Crippen molar-refractivity contribution in [1.82, 2.24) is 9.97 Å². The summed E-state index contributed by atoms with van der Waals surface area (Å²) in [5, 5.41) is 10.4. The Morgan fingerprint density at radius 2 is 1.87 bits per heavy atom. The van der Waals surface area contributed by atoms with Gasteiger partial charge in [-0.1, -0.05) is 18.7 Å². The summed E-state index contributed by atoms with van der Waals surface area (Å²) >= 11 is 5.02. The maximum absolute atomic E-state index is 9.43. The number of aliphatic hydroxyl groups is 1. The van der Waals surface area contributed by atoms with Crippen molar-refractivity contribution in [3.8, 4) is 0 Å². The Kier molecular flexibility index (Phi) is 4.55. The van der Waals surface area contributed by atoms with E-state index in [9.17, 15) is 5.11 Å². The van der Waals surface area contributed by atoms with E-state index in [0.29, 0.717) is 0 Å². The third-order valence-electron chi connectivity index (χ3n) is 2.08. The summed E-state index contributed by atoms with van der Waals surface area (Å²) in [6.07, 6.45) is -0.350. The van der Waals surface area contributed by atoms with Crippen LogP contribution in [-0.2, 0) is 0 Å². The first-order valence-corrected chi connectivity index (χ1v) is 6.44. The molecule has 0 saturated heterocycles. The van der Waals surface area contributed by atoms with Crippen LogP contribution >= 0.6 is 27.7 Å². The first-order valence-electron chi connectivity index (χ1n) is 4.77. The lowest BCUT2D eigenvalue weighted by atomic mass is 10.3. The van der Waals surface area contributed by atoms with Crippen LogP contribution in [0.4, 0.5) is 0 Å². The normalized spacial score (nSPS) is 15.1. The lowest BCUT2D eigenvalue weighted by Gasteiger charge is -2.15. The van der Waals surface area contributed by atoms with Crippen LogP contribution in [0.5, 0.6) is 0 Å². The number of halogens is 1. The van der Waals surface area contributed by atoms with Crippen molar-refractivity contribution in [2.24, 2.45) is 0 Å². The summed E-state index contributed by atoms with van der Waals surface area (Å²) in [7, 11) is 0. The number of aliphatic hydroxyl groups excluding tert-OH is 1. The molecule has 0 fully saturated rings. The van der Waals surface area contributed by atoms with Gasteiger partial charge in [-0.2, -0.15) is 0 Å². The number of thioether (sulfide) groups is 1. The predicted octanol–water partition coefficient (Wildman–Crippen LogP) is 2.72. The number of hydrogen-bond donors (Lipinski definition) is 1. The summed E-state index contributed by atoms with van der Waals surface area (Å²) in [4.78, 5) is 8.60. The van der Waals surface area contributed by atoms with Gasteiger partial charge in [0.2, 0.25) is 0 Å². The van der Waals surface area contributed by atoms with E-state index in [0.717, 1.165) is 21.0 Å². The molecule has 1 heterocycles. The van der Waals surface area contributed by atoms with Gasteiger partial charge in [-0.3, -0.25) is 0 Å². The molecule has 3 nitrogen and oxygen atoms in total. The fraction of sp³-hybridized carbons (Fsp3) is 0.600. The monoisotopic (exact) mass is 290 g/mol. The zero-order valence-corrected chi connectivity index (χ0v) is 11.7. The summed E-state index contributed by atoms with van der Waals surface area (Å²) in [6.45, 7) is 7.58. The number of nitrogens with zero attached hydrogens (tertiary/aromatic N) is 2. The van der Waals surface area contributed by atoms with Gasteiger partial charge >= 0.3 is 0 Å². The quantitative estimate of drug-likeness (QED) is 0.687. The van der Waals surface area contributed by atoms with Crippen LogP contribution in [0.15, 0.2) is 9.50 Å². The Morgan fingerprint density at radius 3 is 2.40 bits per heavy atom. The Morgan fingerprint density at radius 1 is 1.27 bits per heavy atom. The maximum Gasteiger partial charge on any atom is 0.126 e. The van der Waals surface area contributed by atoms with Gasteiger partial charge in [0.05, 0.1) is 16.3 Å². The zero-order valence-electron chi connectivity index (χ0n) is 9.28. The van der Waals surface area contributed by atoms with Gasteiger partial charge in [0.1, 0.15) is 10.9 Å². The molecule has 1 N–H and O–H groups in total. The highest BCUT2D eigenvalue weighted by Crippen LogP contribution is 2.31. The van der Waals surface area contributed by atoms with E-state index in [1.54, 1.807) is 18.7 Å². The molecule has 5 heteroatoms. The SMILES string of the molecule is Cc1nc(C)c(Br)c(SC(C)C(C)O)n1. The molecule has 0 aromatic carbocycles. The minimum atomic E-state index is -0.350. The highest BCUT2D eigenvalue weighted by atomic mass is 79.9. The average molecular weight is 291 g/mol. The number of hydrogen-bond acceptors (Lipinski definition) is 4. The molecule has 0 aliphatic heterocycles. The summed E-state index contributed by atoms with van der Waals surface area (Å²) < 4.78 is 0.922. The van der Waals surface area contributed by atoms with Crippen LogP contribution < -0.4 is 0 Å². The second kappa shape index (κ2) is 5.27. The van der Waals surface area contributed by atoms with E-state index >= 15 is 0 Å². The molecule has 0 radical (unpaired) electrons. The Balaban J connectivity index is 2.94. The lowest BCUT2D eigenvalue weighted by Crippen LogP contribution is -2.15. The van der Waals surface area contributed by atoms with E-state index in [-0.39, 0.29) is 11.4 Å². The Hall–Kier alpha value is -0.130. The van der Waals surface area contributed by atoms with E-state index in [4.69, 9.17) is 0 Å². The van der Waals surface area contributed by atoms with E-state index in [1.807, 2.05) is 20.8 Å². The van der Waals surface area contributed by atoms with Gasteiger partial charge in [-0.05, 0) is 36.7 Å². The third kappa shape index (κ3) is 3.43. The molecular formula is C10H15BrN2OS. The first-order chi connectivity index (χ1) is 6.91. The average Bonchev–Trinajstić information content (AvgIpc) is 2.13. The van der Waals surface area contributed by atoms with Gasteiger partial charge in [0.25, 0.3) is 0 Å². The van der Waals surface area contributed by atoms with E-state index in [1.165, 1.54) is 0 Å². The van der Waals surface area contributed by atoms with Crippen molar-refractivity contribution < 1.29 is 5.11 Å². The molecule has 15 heavy (non-hydrogen) atoms. The van der Waals surface area contributed by atoms with Crippen LogP contribution in [0, 0.1) is 13.8 Å². The molecule has 0 aliphatic rings. The van der Waals surface area contributed by atoms with Crippen LogP contribution in [0.2, 0.25) is 0 Å². The fourth-order valence-electron chi connectivity index (χ4n) is 1.02. The van der Waals surface area contributed by atoms with Gasteiger partial charge in [-0.25, -0.2) is 9.97 Å². The van der Waals surface area contributed by atoms with E-state index < -0.39 is 0 Å². The molecule has 84 valence electrons. The fourth-order valence-corrected chi connectivity index (χ4v) is 2.46. The maximum atomic E-state index is 9.43. The molecule has 2 unspecified atom stereocenters. The highest BCUT2D eigenvalue weighted by Gasteiger charge is 2.15. The Labute approximate surface area is 103 Å². The number of aryl methyl sites for hydroxylation is 2. The summed E-state index contributed by atoms with van der Waals surface area (Å²) in [5.74, 6) is 0.760. The molecule has 0 saturated carbocycles. The van der Waals surface area contributed by atoms with Gasteiger partial charge in [0, 0.05) is 5.25 Å². The van der Waals surface area contributed by atoms with Crippen molar-refractivity contribution in [3.63, 3.8) is 0 Å². The first kappa shape index (κ1) is 12.9.